The fourth-order valence-electron chi connectivity index (χ4n) is 4.89. The number of amides is 2. The lowest BCUT2D eigenvalue weighted by Gasteiger charge is -2.32. The van der Waals surface area contributed by atoms with Gasteiger partial charge < -0.3 is 15.0 Å². The number of hydrogen-bond acceptors (Lipinski definition) is 5. The van der Waals surface area contributed by atoms with Gasteiger partial charge in [0.25, 0.3) is 5.91 Å². The second kappa shape index (κ2) is 12.1. The Morgan fingerprint density at radius 3 is 2.54 bits per heavy atom. The largest absolute Gasteiger partial charge is 0.506 e. The van der Waals surface area contributed by atoms with E-state index in [4.69, 9.17) is 11.6 Å². The van der Waals surface area contributed by atoms with Crippen LogP contribution in [0.5, 0.6) is 5.75 Å². The van der Waals surface area contributed by atoms with Gasteiger partial charge in [0, 0.05) is 53.9 Å². The smallest absolute Gasteiger partial charge is 0.271 e. The van der Waals surface area contributed by atoms with Crippen LogP contribution in [0.4, 0.5) is 0 Å². The Morgan fingerprint density at radius 1 is 1.03 bits per heavy atom. The number of carbonyl (C=O) groups is 2. The van der Waals surface area contributed by atoms with Crippen molar-refractivity contribution in [2.24, 2.45) is 5.10 Å². The number of phenolic OH excluding ortho intramolecular Hbond substituents is 1. The summed E-state index contributed by atoms with van der Waals surface area (Å²) in [5.74, 6) is -0.577. The molecule has 0 radical (unpaired) electrons. The summed E-state index contributed by atoms with van der Waals surface area (Å²) >= 11 is 5.89. The van der Waals surface area contributed by atoms with E-state index in [1.807, 2.05) is 41.1 Å². The second-order valence-electron chi connectivity index (χ2n) is 9.70. The van der Waals surface area contributed by atoms with Gasteiger partial charge in [0.15, 0.2) is 0 Å². The van der Waals surface area contributed by atoms with Crippen molar-refractivity contribution in [1.29, 1.82) is 0 Å². The molecule has 0 unspecified atom stereocenters. The summed E-state index contributed by atoms with van der Waals surface area (Å²) in [5.41, 5.74) is 5.75. The number of fused-ring (bicyclic) bond motifs is 1. The van der Waals surface area contributed by atoms with Crippen LogP contribution in [0.1, 0.15) is 34.3 Å². The van der Waals surface area contributed by atoms with Gasteiger partial charge >= 0.3 is 0 Å². The maximum atomic E-state index is 13.0. The van der Waals surface area contributed by atoms with Crippen molar-refractivity contribution >= 4 is 40.5 Å². The van der Waals surface area contributed by atoms with Crippen LogP contribution in [0.3, 0.4) is 0 Å². The first-order valence-corrected chi connectivity index (χ1v) is 13.3. The number of nitrogens with zero attached hydrogens (tertiary/aromatic N) is 3. The third kappa shape index (κ3) is 6.66. The van der Waals surface area contributed by atoms with Crippen LogP contribution in [0.15, 0.2) is 84.1 Å². The number of aromatic hydroxyl groups is 1. The lowest BCUT2D eigenvalue weighted by atomic mass is 10.0. The zero-order valence-corrected chi connectivity index (χ0v) is 22.1. The molecule has 3 N–H and O–H groups in total. The average Bonchev–Trinajstić information content (AvgIpc) is 3.29. The van der Waals surface area contributed by atoms with Gasteiger partial charge in [-0.2, -0.15) is 5.10 Å². The van der Waals surface area contributed by atoms with Crippen LogP contribution < -0.4 is 10.7 Å². The zero-order chi connectivity index (χ0) is 27.2. The maximum Gasteiger partial charge on any atom is 0.271 e. The quantitative estimate of drug-likeness (QED) is 0.224. The summed E-state index contributed by atoms with van der Waals surface area (Å²) in [6.07, 6.45) is 5.27. The Morgan fingerprint density at radius 2 is 1.77 bits per heavy atom. The standard InChI is InChI=1S/C30H30ClN5O3/c31-26-16-22(10-11-28(26)37)30(39)34-32-17-23-19-36(27-9-5-4-8-25(23)27)20-29(38)33-24-12-14-35(15-13-24)18-21-6-2-1-3-7-21/h1-11,16-17,19,24,37H,12-15,18,20H2,(H,33,38)(H,34,39)/b32-17+. The topological polar surface area (TPSA) is 99.0 Å². The SMILES string of the molecule is O=C(Cn1cc(/C=N/NC(=O)c2ccc(O)c(Cl)c2)c2ccccc21)NC1CCN(Cc2ccccc2)CC1. The molecule has 1 saturated heterocycles. The van der Waals surface area contributed by atoms with E-state index >= 15 is 0 Å². The molecule has 1 fully saturated rings. The number of carbonyl (C=O) groups excluding carboxylic acids is 2. The number of likely N-dealkylation sites (tertiary alicyclic amines) is 1. The van der Waals surface area contributed by atoms with Crippen LogP contribution in [-0.4, -0.2) is 51.7 Å². The van der Waals surface area contributed by atoms with E-state index < -0.39 is 5.91 Å². The van der Waals surface area contributed by atoms with Crippen LogP contribution in [0.25, 0.3) is 10.9 Å². The number of hydrogen-bond donors (Lipinski definition) is 3. The minimum Gasteiger partial charge on any atom is -0.506 e. The first kappa shape index (κ1) is 26.5. The lowest BCUT2D eigenvalue weighted by molar-refractivity contribution is -0.122. The summed E-state index contributed by atoms with van der Waals surface area (Å²) in [7, 11) is 0. The van der Waals surface area contributed by atoms with Crippen molar-refractivity contribution in [3.05, 3.63) is 101 Å². The number of phenols is 1. The third-order valence-corrected chi connectivity index (χ3v) is 7.22. The fourth-order valence-corrected chi connectivity index (χ4v) is 5.07. The van der Waals surface area contributed by atoms with Gasteiger partial charge in [-0.25, -0.2) is 5.43 Å². The molecule has 1 aliphatic heterocycles. The highest BCUT2D eigenvalue weighted by Gasteiger charge is 2.21. The molecule has 200 valence electrons. The van der Waals surface area contributed by atoms with E-state index in [0.717, 1.165) is 48.9 Å². The molecule has 0 spiro atoms. The molecule has 3 aromatic carbocycles. The molecule has 2 heterocycles. The highest BCUT2D eigenvalue weighted by Crippen LogP contribution is 2.24. The van der Waals surface area contributed by atoms with E-state index in [0.29, 0.717) is 0 Å². The molecule has 8 nitrogen and oxygen atoms in total. The van der Waals surface area contributed by atoms with Crippen molar-refractivity contribution in [3.63, 3.8) is 0 Å². The maximum absolute atomic E-state index is 13.0. The number of hydrazone groups is 1. The molecule has 39 heavy (non-hydrogen) atoms. The molecular formula is C30H30ClN5O3. The summed E-state index contributed by atoms with van der Waals surface area (Å²) in [5, 5.41) is 17.9. The van der Waals surface area contributed by atoms with E-state index in [1.54, 1.807) is 6.21 Å². The summed E-state index contributed by atoms with van der Waals surface area (Å²) in [6, 6.07) is 22.6. The number of piperidine rings is 1. The van der Waals surface area contributed by atoms with Gasteiger partial charge in [0.05, 0.1) is 11.2 Å². The van der Waals surface area contributed by atoms with Crippen molar-refractivity contribution in [2.75, 3.05) is 13.1 Å². The Bertz CT molecular complexity index is 1490. The predicted molar refractivity (Wildman–Crippen MR) is 153 cm³/mol. The number of rotatable bonds is 8. The van der Waals surface area contributed by atoms with Crippen molar-refractivity contribution in [2.45, 2.75) is 32.0 Å². The predicted octanol–water partition coefficient (Wildman–Crippen LogP) is 4.55. The summed E-state index contributed by atoms with van der Waals surface area (Å²) in [6.45, 7) is 3.03. The van der Waals surface area contributed by atoms with Crippen LogP contribution in [0.2, 0.25) is 5.02 Å². The molecule has 0 aliphatic carbocycles. The number of halogens is 1. The van der Waals surface area contributed by atoms with E-state index in [1.165, 1.54) is 23.8 Å². The number of benzene rings is 3. The van der Waals surface area contributed by atoms with Gasteiger partial charge in [-0.3, -0.25) is 14.5 Å². The monoisotopic (exact) mass is 543 g/mol. The normalized spacial score (nSPS) is 14.6. The highest BCUT2D eigenvalue weighted by atomic mass is 35.5. The number of para-hydroxylation sites is 1. The molecule has 4 aromatic rings. The molecule has 5 rings (SSSR count). The highest BCUT2D eigenvalue weighted by molar-refractivity contribution is 6.32. The first-order valence-electron chi connectivity index (χ1n) is 12.9. The molecule has 1 aromatic heterocycles. The van der Waals surface area contributed by atoms with E-state index in [2.05, 4.69) is 45.0 Å². The number of aromatic nitrogens is 1. The average molecular weight is 544 g/mol. The zero-order valence-electron chi connectivity index (χ0n) is 21.4. The number of nitrogens with one attached hydrogen (secondary N) is 2. The van der Waals surface area contributed by atoms with Crippen molar-refractivity contribution < 1.29 is 14.7 Å². The van der Waals surface area contributed by atoms with Gasteiger partial charge in [-0.05, 0) is 42.7 Å². The minimum atomic E-state index is -0.453. The van der Waals surface area contributed by atoms with E-state index in [-0.39, 0.29) is 34.8 Å². The molecular weight excluding hydrogens is 514 g/mol. The van der Waals surface area contributed by atoms with Crippen molar-refractivity contribution in [1.82, 2.24) is 20.2 Å². The second-order valence-corrected chi connectivity index (χ2v) is 10.1. The van der Waals surface area contributed by atoms with E-state index in [9.17, 15) is 14.7 Å². The molecule has 0 saturated carbocycles. The third-order valence-electron chi connectivity index (χ3n) is 6.91. The lowest BCUT2D eigenvalue weighted by Crippen LogP contribution is -2.45. The molecule has 2 amide bonds. The summed E-state index contributed by atoms with van der Waals surface area (Å²) in [4.78, 5) is 27.8. The molecule has 1 aliphatic rings. The molecule has 9 heteroatoms. The van der Waals surface area contributed by atoms with Crippen LogP contribution in [-0.2, 0) is 17.9 Å². The Kier molecular flexibility index (Phi) is 8.24. The van der Waals surface area contributed by atoms with Gasteiger partial charge in [0.2, 0.25) is 5.91 Å². The van der Waals surface area contributed by atoms with Crippen LogP contribution in [0, 0.1) is 0 Å². The molecule has 0 bridgehead atoms. The Balaban J connectivity index is 1.18. The fraction of sp³-hybridized carbons (Fsp3) is 0.233. The first-order chi connectivity index (χ1) is 19.0. The Labute approximate surface area is 231 Å². The Hall–Kier alpha value is -4.14. The molecule has 0 atom stereocenters. The van der Waals surface area contributed by atoms with Crippen LogP contribution >= 0.6 is 11.6 Å². The summed E-state index contributed by atoms with van der Waals surface area (Å²) < 4.78 is 1.90. The minimum absolute atomic E-state index is 0.0294. The van der Waals surface area contributed by atoms with Gasteiger partial charge in [0.1, 0.15) is 12.3 Å². The van der Waals surface area contributed by atoms with Gasteiger partial charge in [-0.15, -0.1) is 0 Å². The van der Waals surface area contributed by atoms with Gasteiger partial charge in [-0.1, -0.05) is 60.1 Å². The van der Waals surface area contributed by atoms with Crippen molar-refractivity contribution in [3.8, 4) is 5.75 Å².